The molecule has 1 aliphatic rings. The van der Waals surface area contributed by atoms with E-state index in [9.17, 15) is 0 Å². The molecule has 0 atom stereocenters. The van der Waals surface area contributed by atoms with E-state index in [0.29, 0.717) is 0 Å². The zero-order valence-corrected chi connectivity index (χ0v) is 7.98. The molecule has 0 fully saturated rings. The predicted molar refractivity (Wildman–Crippen MR) is 50.6 cm³/mol. The van der Waals surface area contributed by atoms with Gasteiger partial charge in [0.15, 0.2) is 0 Å². The zero-order chi connectivity index (χ0) is 8.48. The molecule has 0 aromatic carbocycles. The van der Waals surface area contributed by atoms with Gasteiger partial charge in [-0.1, -0.05) is 11.8 Å². The molecule has 0 radical (unpaired) electrons. The quantitative estimate of drug-likeness (QED) is 0.603. The van der Waals surface area contributed by atoms with Gasteiger partial charge in [0, 0.05) is 17.9 Å². The second-order valence-electron chi connectivity index (χ2n) is 3.51. The molecule has 0 aromatic heterocycles. The summed E-state index contributed by atoms with van der Waals surface area (Å²) in [4.78, 5) is 2.11. The third-order valence-corrected chi connectivity index (χ3v) is 2.10. The summed E-state index contributed by atoms with van der Waals surface area (Å²) >= 11 is 1.55. The van der Waals surface area contributed by atoms with Gasteiger partial charge in [-0.15, -0.1) is 0 Å². The zero-order valence-electron chi connectivity index (χ0n) is 7.16. The Kier molecular flexibility index (Phi) is 2.18. The maximum atomic E-state index is 5.65. The van der Waals surface area contributed by atoms with Crippen LogP contribution in [0.3, 0.4) is 0 Å². The van der Waals surface area contributed by atoms with Gasteiger partial charge in [-0.05, 0) is 26.2 Å². The first-order valence-corrected chi connectivity index (χ1v) is 4.47. The highest BCUT2D eigenvalue weighted by molar-refractivity contribution is 8.05. The van der Waals surface area contributed by atoms with Crippen molar-refractivity contribution in [3.8, 4) is 0 Å². The van der Waals surface area contributed by atoms with Crippen molar-refractivity contribution in [1.82, 2.24) is 4.90 Å². The van der Waals surface area contributed by atoms with Crippen LogP contribution >= 0.6 is 11.8 Å². The number of hydrogen-bond acceptors (Lipinski definition) is 3. The topological polar surface area (TPSA) is 29.3 Å². The molecule has 62 valence electrons. The van der Waals surface area contributed by atoms with Crippen molar-refractivity contribution >= 4 is 11.8 Å². The Morgan fingerprint density at radius 1 is 1.45 bits per heavy atom. The minimum absolute atomic E-state index is 0.127. The SMILES string of the molecule is CC(C)(C)N1C=CSC(N)=C1. The molecule has 11 heavy (non-hydrogen) atoms. The molecule has 2 nitrogen and oxygen atoms in total. The van der Waals surface area contributed by atoms with Gasteiger partial charge in [0.2, 0.25) is 0 Å². The van der Waals surface area contributed by atoms with Crippen molar-refractivity contribution in [2.45, 2.75) is 26.3 Å². The molecule has 3 heteroatoms. The van der Waals surface area contributed by atoms with Gasteiger partial charge >= 0.3 is 0 Å². The summed E-state index contributed by atoms with van der Waals surface area (Å²) < 4.78 is 0. The minimum atomic E-state index is 0.127. The van der Waals surface area contributed by atoms with Crippen LogP contribution in [0.4, 0.5) is 0 Å². The molecule has 0 saturated heterocycles. The average Bonchev–Trinajstić information content (AvgIpc) is 1.86. The van der Waals surface area contributed by atoms with Crippen LogP contribution in [0.2, 0.25) is 0 Å². The summed E-state index contributed by atoms with van der Waals surface area (Å²) in [7, 11) is 0. The van der Waals surface area contributed by atoms with Crippen LogP contribution in [0.1, 0.15) is 20.8 Å². The summed E-state index contributed by atoms with van der Waals surface area (Å²) in [5, 5.41) is 2.85. The molecule has 0 aromatic rings. The molecular formula is C8H14N2S. The monoisotopic (exact) mass is 170 g/mol. The molecule has 2 N–H and O–H groups in total. The lowest BCUT2D eigenvalue weighted by atomic mass is 10.1. The highest BCUT2D eigenvalue weighted by atomic mass is 32.2. The normalized spacial score (nSPS) is 18.5. The predicted octanol–water partition coefficient (Wildman–Crippen LogP) is 2.06. The first-order valence-electron chi connectivity index (χ1n) is 3.59. The van der Waals surface area contributed by atoms with E-state index in [0.717, 1.165) is 5.03 Å². The molecule has 0 bridgehead atoms. The molecule has 0 amide bonds. The van der Waals surface area contributed by atoms with Gasteiger partial charge in [0.05, 0.1) is 5.03 Å². The van der Waals surface area contributed by atoms with E-state index in [2.05, 4.69) is 25.7 Å². The van der Waals surface area contributed by atoms with E-state index in [4.69, 9.17) is 5.73 Å². The highest BCUT2D eigenvalue weighted by Crippen LogP contribution is 2.24. The van der Waals surface area contributed by atoms with Crippen LogP contribution in [0.25, 0.3) is 0 Å². The van der Waals surface area contributed by atoms with E-state index in [1.165, 1.54) is 0 Å². The van der Waals surface area contributed by atoms with Crippen molar-refractivity contribution in [2.75, 3.05) is 0 Å². The van der Waals surface area contributed by atoms with Gasteiger partial charge in [0.25, 0.3) is 0 Å². The Morgan fingerprint density at radius 3 is 2.45 bits per heavy atom. The first kappa shape index (κ1) is 8.53. The fourth-order valence-electron chi connectivity index (χ4n) is 0.802. The Hall–Kier alpha value is -0.570. The van der Waals surface area contributed by atoms with Crippen LogP contribution in [0.15, 0.2) is 22.8 Å². The highest BCUT2D eigenvalue weighted by Gasteiger charge is 2.17. The lowest BCUT2D eigenvalue weighted by Gasteiger charge is -2.33. The number of thioether (sulfide) groups is 1. The van der Waals surface area contributed by atoms with Gasteiger partial charge in [-0.3, -0.25) is 0 Å². The molecule has 0 aliphatic carbocycles. The third-order valence-electron chi connectivity index (χ3n) is 1.47. The van der Waals surface area contributed by atoms with E-state index >= 15 is 0 Å². The number of hydrogen-bond donors (Lipinski definition) is 1. The minimum Gasteiger partial charge on any atom is -0.392 e. The Labute approximate surface area is 72.1 Å². The van der Waals surface area contributed by atoms with Gasteiger partial charge < -0.3 is 10.6 Å². The maximum Gasteiger partial charge on any atom is 0.0863 e. The third kappa shape index (κ3) is 2.19. The lowest BCUT2D eigenvalue weighted by Crippen LogP contribution is -2.34. The Bertz CT molecular complexity index is 201. The Morgan fingerprint density at radius 2 is 2.09 bits per heavy atom. The van der Waals surface area contributed by atoms with Crippen molar-refractivity contribution in [1.29, 1.82) is 0 Å². The summed E-state index contributed by atoms with van der Waals surface area (Å²) in [6.45, 7) is 6.45. The number of nitrogens with two attached hydrogens (primary N) is 1. The molecule has 0 unspecified atom stereocenters. The van der Waals surface area contributed by atoms with Crippen LogP contribution in [-0.4, -0.2) is 10.4 Å². The summed E-state index contributed by atoms with van der Waals surface area (Å²) in [5.41, 5.74) is 5.78. The lowest BCUT2D eigenvalue weighted by molar-refractivity contribution is 0.279. The molecular weight excluding hydrogens is 156 g/mol. The number of rotatable bonds is 0. The van der Waals surface area contributed by atoms with Gasteiger partial charge in [0.1, 0.15) is 0 Å². The largest absolute Gasteiger partial charge is 0.392 e. The van der Waals surface area contributed by atoms with Crippen LogP contribution in [0, 0.1) is 0 Å². The fourth-order valence-corrected chi connectivity index (χ4v) is 1.33. The van der Waals surface area contributed by atoms with Crippen LogP contribution in [0.5, 0.6) is 0 Å². The fraction of sp³-hybridized carbons (Fsp3) is 0.500. The van der Waals surface area contributed by atoms with Crippen LogP contribution < -0.4 is 5.73 Å². The van der Waals surface area contributed by atoms with Gasteiger partial charge in [-0.2, -0.15) is 0 Å². The molecule has 0 saturated carbocycles. The van der Waals surface area contributed by atoms with E-state index in [-0.39, 0.29) is 5.54 Å². The molecule has 1 rings (SSSR count). The summed E-state index contributed by atoms with van der Waals surface area (Å²) in [6.07, 6.45) is 4.01. The second-order valence-corrected chi connectivity index (χ2v) is 4.49. The average molecular weight is 170 g/mol. The van der Waals surface area contributed by atoms with Crippen LogP contribution in [-0.2, 0) is 0 Å². The standard InChI is InChI=1S/C8H14N2S/c1-8(2,3)10-4-5-11-7(9)6-10/h4-6H,9H2,1-3H3. The van der Waals surface area contributed by atoms with Crippen molar-refractivity contribution in [3.05, 3.63) is 22.8 Å². The maximum absolute atomic E-state index is 5.65. The van der Waals surface area contributed by atoms with Crippen molar-refractivity contribution < 1.29 is 0 Å². The van der Waals surface area contributed by atoms with Crippen molar-refractivity contribution in [3.63, 3.8) is 0 Å². The number of nitrogens with zero attached hydrogens (tertiary/aromatic N) is 1. The second kappa shape index (κ2) is 2.81. The molecule has 0 spiro atoms. The van der Waals surface area contributed by atoms with E-state index < -0.39 is 0 Å². The van der Waals surface area contributed by atoms with E-state index in [1.54, 1.807) is 11.8 Å². The first-order chi connectivity index (χ1) is 5.00. The van der Waals surface area contributed by atoms with E-state index in [1.807, 2.05) is 17.8 Å². The Balaban J connectivity index is 2.74. The summed E-state index contributed by atoms with van der Waals surface area (Å²) in [6, 6.07) is 0. The van der Waals surface area contributed by atoms with Gasteiger partial charge in [-0.25, -0.2) is 0 Å². The smallest absolute Gasteiger partial charge is 0.0863 e. The molecule has 1 heterocycles. The van der Waals surface area contributed by atoms with Crippen molar-refractivity contribution in [2.24, 2.45) is 5.73 Å². The molecule has 1 aliphatic heterocycles. The summed E-state index contributed by atoms with van der Waals surface area (Å²) in [5.74, 6) is 0.